The minimum absolute atomic E-state index is 0.0373. The molecule has 12 aromatic rings. The van der Waals surface area contributed by atoms with Gasteiger partial charge in [0.15, 0.2) is 62.3 Å². The van der Waals surface area contributed by atoms with Crippen molar-refractivity contribution in [3.8, 4) is 178 Å². The summed E-state index contributed by atoms with van der Waals surface area (Å²) in [4.78, 5) is 47.1. The molecule has 0 spiro atoms. The number of primary amides is 1. The number of nitrogens with two attached hydrogens (primary N) is 1. The molecular weight excluding hydrogens is 1620 g/mol. The lowest BCUT2D eigenvalue weighted by Gasteiger charge is -2.11. The molecule has 0 saturated heterocycles. The molecule has 0 bridgehead atoms. The number of H-pyrrole nitrogens is 1. The van der Waals surface area contributed by atoms with Crippen LogP contribution in [0.1, 0.15) is 70.9 Å². The maximum Gasteiger partial charge on any atom is 0.277 e. The number of hydrogen-bond acceptors (Lipinski definition) is 21. The number of carbonyl (C=O) groups is 2. The average Bonchev–Trinajstić information content (AvgIpc) is 1.28. The summed E-state index contributed by atoms with van der Waals surface area (Å²) in [6.45, 7) is 14.1. The minimum atomic E-state index is -0.569. The number of aromatic amines is 1. The number of pyridine rings is 3. The highest BCUT2D eigenvalue weighted by Gasteiger charge is 2.20. The van der Waals surface area contributed by atoms with E-state index in [9.17, 15) is 23.2 Å². The normalized spacial score (nSPS) is 9.24. The molecule has 0 radical (unpaired) electrons. The summed E-state index contributed by atoms with van der Waals surface area (Å²) in [6.07, 6.45) is 29.6. The summed E-state index contributed by atoms with van der Waals surface area (Å²) in [5.74, 6) is 36.7. The highest BCUT2D eigenvalue weighted by Crippen LogP contribution is 2.39. The number of anilines is 1. The first-order valence-corrected chi connectivity index (χ1v) is 36.1. The van der Waals surface area contributed by atoms with E-state index in [2.05, 4.69) is 134 Å². The number of terminal acetylenes is 4. The zero-order valence-corrected chi connectivity index (χ0v) is 70.5. The summed E-state index contributed by atoms with van der Waals surface area (Å²) >= 11 is 15.8. The molecule has 0 atom stereocenters. The van der Waals surface area contributed by atoms with Crippen molar-refractivity contribution in [3.63, 3.8) is 0 Å². The Hall–Kier alpha value is -16.1. The van der Waals surface area contributed by atoms with Crippen LogP contribution in [0.3, 0.4) is 0 Å². The fraction of sp³-hybridized carbons (Fsp3) is 0.154. The third-order valence-corrected chi connectivity index (χ3v) is 15.5. The smallest absolute Gasteiger partial charge is 0.277 e. The van der Waals surface area contributed by atoms with Crippen LogP contribution in [0.25, 0.3) is 44.1 Å². The van der Waals surface area contributed by atoms with Gasteiger partial charge in [0.25, 0.3) is 11.8 Å². The molecule has 0 saturated carbocycles. The lowest BCUT2D eigenvalue weighted by atomic mass is 10.2. The first-order chi connectivity index (χ1) is 58.6. The Morgan fingerprint density at radius 2 is 0.910 bits per heavy atom. The van der Waals surface area contributed by atoms with Crippen molar-refractivity contribution in [1.82, 2.24) is 54.9 Å². The van der Waals surface area contributed by atoms with Crippen molar-refractivity contribution in [1.29, 1.82) is 10.8 Å². The van der Waals surface area contributed by atoms with Gasteiger partial charge in [-0.25, -0.2) is 18.1 Å². The van der Waals surface area contributed by atoms with Crippen LogP contribution in [-0.2, 0) is 0 Å². The number of halogens is 5. The zero-order chi connectivity index (χ0) is 90.2. The molecule has 7 aromatic heterocycles. The predicted molar refractivity (Wildman–Crippen MR) is 472 cm³/mol. The summed E-state index contributed by atoms with van der Waals surface area (Å²) in [7, 11) is 9.36. The number of aromatic nitrogens is 11. The van der Waals surface area contributed by atoms with E-state index in [-0.39, 0.29) is 50.5 Å². The first-order valence-electron chi connectivity index (χ1n) is 35.0. The van der Waals surface area contributed by atoms with E-state index in [1.807, 2.05) is 13.8 Å². The topological polar surface area (TPSA) is 340 Å². The van der Waals surface area contributed by atoms with Crippen LogP contribution in [0.2, 0.25) is 5.15 Å². The van der Waals surface area contributed by atoms with Gasteiger partial charge in [0.2, 0.25) is 11.8 Å². The van der Waals surface area contributed by atoms with Crippen LogP contribution in [0.4, 0.5) is 14.6 Å². The standard InChI is InChI=1S/C27H23FN6O4.C15H12ClN3O3.C12H12FN3O.C11H11NO3.C7H4.C6H2.C5H4.C4H4Cl2N2.C4H6/c1-15-11-17(28)5-6-20(15)34-14-16(2)26(33-34)27(35)30-24-7-8-25(32-31-24)38-21-9-10-29-19-13-23(37-4)22(36-3)12-18(19)21;1-20-12-7-9-10(8-13(12)21-2)17-6-5-11(9)22-15-4-3-14(16)18-19-15;1-7-5-9(13)3-4-10(7)16-6-8(2)11(15-16)12(14)17;1-14-10-5-7-8(6-11(10)15-2)12-4-3-9(7)13;1-3-5-7-6-4-2;1-3-5-6-4-2;1-3-5-4-2;5-3(7)1-2-4(6)8;1-3-4-2/h5-14H,1-4H3,(H,30,31,35);3-8H,1-2H3;3-6H,1-2H3,(H2,14,17);3-6H,1-2H3,(H,12,13);1H,2H3;1-2H;1H,2H3;1-2,7-8H;1-2H3/b;;;;;;;2-1-,7-3?,8-4?;. The second-order valence-corrected chi connectivity index (χ2v) is 24.3. The van der Waals surface area contributed by atoms with Gasteiger partial charge in [-0.15, -0.1) is 57.9 Å². The van der Waals surface area contributed by atoms with Crippen molar-refractivity contribution in [2.24, 2.45) is 5.73 Å². The average molecular weight is 1700 g/mol. The van der Waals surface area contributed by atoms with Crippen LogP contribution in [0, 0.1) is 159 Å². The van der Waals surface area contributed by atoms with Gasteiger partial charge in [0.1, 0.15) is 33.5 Å². The quantitative estimate of drug-likeness (QED) is 0.0417. The summed E-state index contributed by atoms with van der Waals surface area (Å²) in [6, 6.07) is 30.6. The Balaban J connectivity index is 0.000000319. The van der Waals surface area contributed by atoms with Gasteiger partial charge in [-0.2, -0.15) is 10.2 Å². The maximum absolute atomic E-state index is 13.5. The Morgan fingerprint density at radius 3 is 1.29 bits per heavy atom. The number of amides is 2. The van der Waals surface area contributed by atoms with Gasteiger partial charge < -0.3 is 53.9 Å². The fourth-order valence-electron chi connectivity index (χ4n) is 9.58. The van der Waals surface area contributed by atoms with Gasteiger partial charge >= 0.3 is 0 Å². The number of rotatable bonds is 17. The number of allylic oxidation sites excluding steroid dienone is 2. The van der Waals surface area contributed by atoms with Crippen molar-refractivity contribution in [3.05, 3.63) is 219 Å². The Labute approximate surface area is 719 Å². The van der Waals surface area contributed by atoms with E-state index in [0.717, 1.165) is 27.7 Å². The third kappa shape index (κ3) is 31.5. The monoisotopic (exact) mass is 1700 g/mol. The third-order valence-electron chi connectivity index (χ3n) is 15.0. The lowest BCUT2D eigenvalue weighted by molar-refractivity contribution is 0.0991. The molecule has 0 aliphatic rings. The van der Waals surface area contributed by atoms with Gasteiger partial charge in [-0.1, -0.05) is 46.6 Å². The minimum Gasteiger partial charge on any atom is -0.493 e. The molecule has 31 heteroatoms. The summed E-state index contributed by atoms with van der Waals surface area (Å²) < 4.78 is 72.8. The van der Waals surface area contributed by atoms with Crippen molar-refractivity contribution < 1.29 is 56.3 Å². The largest absolute Gasteiger partial charge is 0.493 e. The molecule has 5 aromatic carbocycles. The molecule has 2 amide bonds. The van der Waals surface area contributed by atoms with Crippen LogP contribution >= 0.6 is 34.8 Å². The molecule has 12 rings (SSSR count). The number of methoxy groups -OCH3 is 6. The summed E-state index contributed by atoms with van der Waals surface area (Å²) in [5, 5.41) is 42.3. The molecular formula is C91H78Cl3F2N15O11. The number of aryl methyl sites for hydroxylation is 4. The van der Waals surface area contributed by atoms with E-state index < -0.39 is 11.8 Å². The molecule has 7 heterocycles. The molecule has 618 valence electrons. The van der Waals surface area contributed by atoms with Crippen molar-refractivity contribution >= 4 is 95.5 Å². The predicted octanol–water partition coefficient (Wildman–Crippen LogP) is 16.3. The molecule has 0 unspecified atom stereocenters. The summed E-state index contributed by atoms with van der Waals surface area (Å²) in [5.41, 5.74) is 11.9. The van der Waals surface area contributed by atoms with E-state index in [4.69, 9.17) is 115 Å². The van der Waals surface area contributed by atoms with Crippen molar-refractivity contribution in [2.75, 3.05) is 48.0 Å². The number of hydrogen-bond donors (Lipinski definition) is 5. The molecule has 26 nitrogen and oxygen atoms in total. The number of ether oxygens (including phenoxy) is 8. The van der Waals surface area contributed by atoms with Crippen LogP contribution < -0.4 is 54.4 Å². The van der Waals surface area contributed by atoms with Crippen molar-refractivity contribution in [2.45, 2.75) is 55.4 Å². The van der Waals surface area contributed by atoms with Crippen LogP contribution in [0.15, 0.2) is 163 Å². The highest BCUT2D eigenvalue weighted by atomic mass is 35.5. The van der Waals surface area contributed by atoms with Crippen LogP contribution in [0.5, 0.6) is 57.8 Å². The second kappa shape index (κ2) is 52.5. The highest BCUT2D eigenvalue weighted by molar-refractivity contribution is 6.70. The fourth-order valence-corrected chi connectivity index (χ4v) is 9.81. The number of benzene rings is 5. The number of nitrogens with zero attached hydrogens (tertiary/aromatic N) is 10. The number of fused-ring (bicyclic) bond motifs is 3. The Morgan fingerprint density at radius 1 is 0.492 bits per heavy atom. The van der Waals surface area contributed by atoms with Gasteiger partial charge in [0, 0.05) is 94.7 Å². The van der Waals surface area contributed by atoms with Gasteiger partial charge in [0.05, 0.1) is 70.6 Å². The van der Waals surface area contributed by atoms with E-state index in [1.165, 1.54) is 47.2 Å². The second-order valence-electron chi connectivity index (χ2n) is 23.1. The number of nitrogens with one attached hydrogen (secondary N) is 4. The van der Waals surface area contributed by atoms with E-state index >= 15 is 0 Å². The lowest BCUT2D eigenvalue weighted by Crippen LogP contribution is -2.15. The van der Waals surface area contributed by atoms with Gasteiger partial charge in [-0.05, 0) is 217 Å². The molecule has 0 aliphatic heterocycles. The Kier molecular flexibility index (Phi) is 42.3. The Bertz CT molecular complexity index is 6290. The van der Waals surface area contributed by atoms with Crippen LogP contribution in [-0.4, -0.2) is 120 Å². The van der Waals surface area contributed by atoms with E-state index in [1.54, 1.807) is 205 Å². The molecule has 6 N–H and O–H groups in total. The zero-order valence-electron chi connectivity index (χ0n) is 68.3. The molecule has 0 fully saturated rings. The molecule has 122 heavy (non-hydrogen) atoms. The first kappa shape index (κ1) is 98.3. The van der Waals surface area contributed by atoms with Gasteiger partial charge in [-0.3, -0.25) is 35.2 Å². The number of carbonyl (C=O) groups excluding carboxylic acids is 2. The van der Waals surface area contributed by atoms with E-state index in [0.29, 0.717) is 95.7 Å². The maximum atomic E-state index is 13.5. The molecule has 0 aliphatic carbocycles. The SMILES string of the molecule is C#CC#CC.C#CC#CC#C.C#CC#CC#CC.CC#CC.COc1cc2[nH]ccc(=O)c2cc1OC.COc1cc2nccc(Oc3ccc(Cl)nn3)c2cc1OC.COc1cc2nccc(Oc3ccc(NC(=O)c4nn(-c5ccc(F)cc5C)cc4C)nn3)c2cc1OC.Cc1cc(F)ccc1-n1cc(C)c(C(N)=O)n1.N=C(Cl)/C=C\C(=N)Cl.